The summed E-state index contributed by atoms with van der Waals surface area (Å²) in [4.78, 5) is 19.4. The van der Waals surface area contributed by atoms with Crippen molar-refractivity contribution in [3.05, 3.63) is 0 Å². The molecule has 0 aliphatic heterocycles. The van der Waals surface area contributed by atoms with Gasteiger partial charge in [-0.15, -0.1) is 0 Å². The summed E-state index contributed by atoms with van der Waals surface area (Å²) in [5, 5.41) is 9.99. The average molecular weight is 190 g/mol. The van der Waals surface area contributed by atoms with Crippen LogP contribution < -0.4 is 11.1 Å². The van der Waals surface area contributed by atoms with Crippen LogP contribution in [0.2, 0.25) is 0 Å². The molecule has 4 N–H and O–H groups in total. The third-order valence-electron chi connectivity index (χ3n) is 1.22. The van der Waals surface area contributed by atoms with Gasteiger partial charge in [0, 0.05) is 13.2 Å². The summed E-state index contributed by atoms with van der Waals surface area (Å²) in [6, 6.07) is 0.452. The first-order chi connectivity index (χ1) is 6.06. The van der Waals surface area contributed by atoms with Gasteiger partial charge in [0.05, 0.1) is 0 Å². The Morgan fingerprint density at radius 3 is 2.38 bits per heavy atom. The molecule has 1 aliphatic carbocycles. The number of hydrogen-bond donors (Lipinski definition) is 3. The lowest BCUT2D eigenvalue weighted by Crippen LogP contribution is -2.28. The number of ether oxygens (including phenoxy) is 1. The van der Waals surface area contributed by atoms with Crippen molar-refractivity contribution in [1.82, 2.24) is 5.32 Å². The van der Waals surface area contributed by atoms with E-state index in [1.54, 1.807) is 0 Å². The molecule has 6 nitrogen and oxygen atoms in total. The van der Waals surface area contributed by atoms with Crippen molar-refractivity contribution >= 4 is 12.0 Å². The van der Waals surface area contributed by atoms with E-state index in [9.17, 15) is 4.79 Å². The molecule has 76 valence electrons. The fraction of sp³-hybridized carbons (Fsp3) is 0.714. The third-order valence-corrected chi connectivity index (χ3v) is 1.22. The van der Waals surface area contributed by atoms with E-state index in [1.807, 2.05) is 0 Å². The van der Waals surface area contributed by atoms with Gasteiger partial charge in [-0.25, -0.2) is 4.79 Å². The second-order valence-electron chi connectivity index (χ2n) is 2.61. The lowest BCUT2D eigenvalue weighted by atomic mass is 10.6. The fourth-order valence-electron chi connectivity index (χ4n) is 0.628. The lowest BCUT2D eigenvalue weighted by Gasteiger charge is -1.99. The molecule has 1 aliphatic rings. The van der Waals surface area contributed by atoms with Gasteiger partial charge in [-0.05, 0) is 12.8 Å². The van der Waals surface area contributed by atoms with Gasteiger partial charge < -0.3 is 20.9 Å². The predicted octanol–water partition coefficient (Wildman–Crippen LogP) is -0.465. The number of nitrogens with one attached hydrogen (secondary N) is 1. The zero-order valence-corrected chi connectivity index (χ0v) is 7.45. The van der Waals surface area contributed by atoms with Gasteiger partial charge in [0.1, 0.15) is 6.61 Å². The van der Waals surface area contributed by atoms with E-state index in [2.05, 4.69) is 15.8 Å². The van der Waals surface area contributed by atoms with Crippen LogP contribution in [-0.4, -0.2) is 36.9 Å². The number of carbonyl (C=O) groups is 2. The maximum atomic E-state index is 10.7. The summed E-state index contributed by atoms with van der Waals surface area (Å²) in [5.41, 5.74) is 4.03. The number of rotatable bonds is 3. The van der Waals surface area contributed by atoms with Gasteiger partial charge in [-0.2, -0.15) is 0 Å². The first kappa shape index (κ1) is 11.7. The van der Waals surface area contributed by atoms with Gasteiger partial charge in [0.2, 0.25) is 5.91 Å². The zero-order valence-electron chi connectivity index (χ0n) is 7.45. The summed E-state index contributed by atoms with van der Waals surface area (Å²) < 4.78 is 4.62. The molecular weight excluding hydrogens is 176 g/mol. The van der Waals surface area contributed by atoms with Crippen LogP contribution in [0.5, 0.6) is 0 Å². The maximum Gasteiger partial charge on any atom is 0.402 e. The standard InChI is InChI=1S/C6H11NO2.CH3NO2/c1-9-4-6(8)7-5-2-3-5;2-1(3)4/h5H,2-4H2,1H3,(H,7,8);2H2,(H,3,4). The van der Waals surface area contributed by atoms with Crippen LogP contribution in [0.4, 0.5) is 4.79 Å². The van der Waals surface area contributed by atoms with Crippen molar-refractivity contribution in [2.24, 2.45) is 5.73 Å². The van der Waals surface area contributed by atoms with Gasteiger partial charge in [-0.1, -0.05) is 0 Å². The van der Waals surface area contributed by atoms with Crippen LogP contribution in [-0.2, 0) is 9.53 Å². The van der Waals surface area contributed by atoms with E-state index in [1.165, 1.54) is 7.11 Å². The normalized spacial score (nSPS) is 13.9. The average Bonchev–Trinajstić information content (AvgIpc) is 2.70. The minimum atomic E-state index is -1.33. The summed E-state index contributed by atoms with van der Waals surface area (Å²) in [6.07, 6.45) is 0.935. The van der Waals surface area contributed by atoms with Crippen molar-refractivity contribution in [3.8, 4) is 0 Å². The number of amides is 2. The van der Waals surface area contributed by atoms with E-state index >= 15 is 0 Å². The molecule has 0 spiro atoms. The van der Waals surface area contributed by atoms with Crippen LogP contribution in [0.1, 0.15) is 12.8 Å². The second kappa shape index (κ2) is 6.24. The Morgan fingerprint density at radius 1 is 1.62 bits per heavy atom. The van der Waals surface area contributed by atoms with E-state index in [-0.39, 0.29) is 12.5 Å². The highest BCUT2D eigenvalue weighted by molar-refractivity contribution is 5.77. The molecular formula is C7H14N2O4. The highest BCUT2D eigenvalue weighted by atomic mass is 16.5. The molecule has 1 fully saturated rings. The maximum absolute atomic E-state index is 10.7. The minimum absolute atomic E-state index is 0.000000000000000222. The molecule has 0 aromatic heterocycles. The summed E-state index contributed by atoms with van der Waals surface area (Å²) in [7, 11) is 1.52. The number of carboxylic acid groups (broad SMARTS) is 1. The molecule has 0 atom stereocenters. The summed E-state index contributed by atoms with van der Waals surface area (Å²) in [5.74, 6) is 0.000000000000000222. The van der Waals surface area contributed by atoms with E-state index in [0.717, 1.165) is 12.8 Å². The van der Waals surface area contributed by atoms with Crippen molar-refractivity contribution in [2.75, 3.05) is 13.7 Å². The Hall–Kier alpha value is -1.30. The van der Waals surface area contributed by atoms with E-state index < -0.39 is 6.09 Å². The third kappa shape index (κ3) is 10.7. The monoisotopic (exact) mass is 190 g/mol. The molecule has 0 saturated heterocycles. The minimum Gasteiger partial charge on any atom is -0.465 e. The molecule has 6 heteroatoms. The number of nitrogens with two attached hydrogens (primary N) is 1. The Labute approximate surface area is 76.0 Å². The van der Waals surface area contributed by atoms with E-state index in [4.69, 9.17) is 9.90 Å². The van der Waals surface area contributed by atoms with Crippen molar-refractivity contribution in [3.63, 3.8) is 0 Å². The molecule has 2 amide bonds. The summed E-state index contributed by atoms with van der Waals surface area (Å²) >= 11 is 0. The van der Waals surface area contributed by atoms with E-state index in [0.29, 0.717) is 6.04 Å². The summed E-state index contributed by atoms with van der Waals surface area (Å²) in [6.45, 7) is 0.191. The number of methoxy groups -OCH3 is 1. The fourth-order valence-corrected chi connectivity index (χ4v) is 0.628. The Bertz CT molecular complexity index is 175. The molecule has 1 rings (SSSR count). The Morgan fingerprint density at radius 2 is 2.08 bits per heavy atom. The molecule has 13 heavy (non-hydrogen) atoms. The first-order valence-electron chi connectivity index (χ1n) is 3.83. The molecule has 0 unspecified atom stereocenters. The van der Waals surface area contributed by atoms with Crippen LogP contribution in [0.15, 0.2) is 0 Å². The smallest absolute Gasteiger partial charge is 0.402 e. The van der Waals surface area contributed by atoms with Crippen molar-refractivity contribution in [2.45, 2.75) is 18.9 Å². The Balaban J connectivity index is 0.000000310. The van der Waals surface area contributed by atoms with Gasteiger partial charge in [0.25, 0.3) is 0 Å². The molecule has 0 aromatic rings. The molecule has 0 bridgehead atoms. The number of carbonyl (C=O) groups excluding carboxylic acids is 1. The SMILES string of the molecule is COCC(=O)NC1CC1.NC(=O)O. The van der Waals surface area contributed by atoms with Gasteiger partial charge in [-0.3, -0.25) is 4.79 Å². The largest absolute Gasteiger partial charge is 0.465 e. The van der Waals surface area contributed by atoms with Crippen LogP contribution in [0, 0.1) is 0 Å². The van der Waals surface area contributed by atoms with Crippen LogP contribution in [0.3, 0.4) is 0 Å². The van der Waals surface area contributed by atoms with Crippen molar-refractivity contribution < 1.29 is 19.4 Å². The van der Waals surface area contributed by atoms with Crippen molar-refractivity contribution in [1.29, 1.82) is 0 Å². The predicted molar refractivity (Wildman–Crippen MR) is 45.3 cm³/mol. The quantitative estimate of drug-likeness (QED) is 0.560. The molecule has 0 heterocycles. The number of primary amides is 1. The molecule has 0 radical (unpaired) electrons. The second-order valence-corrected chi connectivity index (χ2v) is 2.61. The van der Waals surface area contributed by atoms with Gasteiger partial charge >= 0.3 is 6.09 Å². The Kier molecular flexibility index (Phi) is 5.62. The van der Waals surface area contributed by atoms with Crippen LogP contribution in [0.25, 0.3) is 0 Å². The lowest BCUT2D eigenvalue weighted by molar-refractivity contribution is -0.124. The topological polar surface area (TPSA) is 102 Å². The highest BCUT2D eigenvalue weighted by Gasteiger charge is 2.22. The zero-order chi connectivity index (χ0) is 10.3. The van der Waals surface area contributed by atoms with Crippen LogP contribution >= 0.6 is 0 Å². The van der Waals surface area contributed by atoms with Gasteiger partial charge in [0.15, 0.2) is 0 Å². The first-order valence-corrected chi connectivity index (χ1v) is 3.83. The highest BCUT2D eigenvalue weighted by Crippen LogP contribution is 2.18. The molecule has 0 aromatic carbocycles. The molecule has 1 saturated carbocycles. The number of hydrogen-bond acceptors (Lipinski definition) is 3.